The number of hydrogen-bond acceptors (Lipinski definition) is 3. The van der Waals surface area contributed by atoms with Crippen molar-refractivity contribution in [3.05, 3.63) is 114 Å². The number of amides is 1. The van der Waals surface area contributed by atoms with Crippen molar-refractivity contribution < 1.29 is 4.79 Å². The van der Waals surface area contributed by atoms with Gasteiger partial charge in [0.2, 0.25) is 5.91 Å². The van der Waals surface area contributed by atoms with Crippen molar-refractivity contribution in [2.45, 2.75) is 18.9 Å². The molecule has 5 heteroatoms. The van der Waals surface area contributed by atoms with Gasteiger partial charge in [0.05, 0.1) is 6.20 Å². The zero-order chi connectivity index (χ0) is 21.7. The van der Waals surface area contributed by atoms with Crippen LogP contribution in [0.15, 0.2) is 97.2 Å². The summed E-state index contributed by atoms with van der Waals surface area (Å²) >= 11 is 0. The van der Waals surface area contributed by atoms with Crippen LogP contribution in [0.1, 0.15) is 30.0 Å². The second kappa shape index (κ2) is 8.88. The standard InChI is InChI=1S/C26H26N4O/c1-3-24(31)28-23-19-27-30(2)25(23)29-26(20-13-7-4-8-14-20,21-15-9-5-10-16-21)22-17-11-6-12-18-22/h4-19,29H,3H2,1-2H3,(H,28,31). The molecule has 4 rings (SSSR count). The molecule has 0 radical (unpaired) electrons. The number of hydrogen-bond donors (Lipinski definition) is 2. The Morgan fingerprint density at radius 1 is 0.839 bits per heavy atom. The predicted octanol–water partition coefficient (Wildman–Crippen LogP) is 5.17. The molecule has 0 aliphatic carbocycles. The highest BCUT2D eigenvalue weighted by atomic mass is 16.1. The zero-order valence-corrected chi connectivity index (χ0v) is 17.7. The van der Waals surface area contributed by atoms with Gasteiger partial charge in [0.25, 0.3) is 0 Å². The second-order valence-electron chi connectivity index (χ2n) is 7.41. The molecule has 31 heavy (non-hydrogen) atoms. The summed E-state index contributed by atoms with van der Waals surface area (Å²) in [5, 5.41) is 11.2. The Labute approximate surface area is 182 Å². The molecule has 2 N–H and O–H groups in total. The molecule has 0 bridgehead atoms. The van der Waals surface area contributed by atoms with E-state index >= 15 is 0 Å². The summed E-state index contributed by atoms with van der Waals surface area (Å²) in [6.07, 6.45) is 2.08. The molecule has 0 aliphatic heterocycles. The molecule has 0 fully saturated rings. The SMILES string of the molecule is CCC(=O)Nc1cnn(C)c1NC(c1ccccc1)(c1ccccc1)c1ccccc1. The molecule has 0 aliphatic rings. The molecule has 0 spiro atoms. The van der Waals surface area contributed by atoms with E-state index in [1.807, 2.05) is 68.6 Å². The Morgan fingerprint density at radius 2 is 1.29 bits per heavy atom. The number of aromatic nitrogens is 2. The van der Waals surface area contributed by atoms with Gasteiger partial charge >= 0.3 is 0 Å². The van der Waals surface area contributed by atoms with Crippen molar-refractivity contribution in [1.29, 1.82) is 0 Å². The molecule has 0 atom stereocenters. The second-order valence-corrected chi connectivity index (χ2v) is 7.41. The van der Waals surface area contributed by atoms with Gasteiger partial charge in [-0.25, -0.2) is 0 Å². The minimum absolute atomic E-state index is 0.0548. The van der Waals surface area contributed by atoms with E-state index in [0.717, 1.165) is 22.5 Å². The van der Waals surface area contributed by atoms with Crippen LogP contribution in [0.3, 0.4) is 0 Å². The van der Waals surface area contributed by atoms with Gasteiger partial charge < -0.3 is 10.6 Å². The van der Waals surface area contributed by atoms with Crippen LogP contribution in [0, 0.1) is 0 Å². The van der Waals surface area contributed by atoms with Crippen molar-refractivity contribution in [1.82, 2.24) is 9.78 Å². The normalized spacial score (nSPS) is 11.2. The molecule has 0 unspecified atom stereocenters. The average molecular weight is 411 g/mol. The Hall–Kier alpha value is -3.86. The number of benzene rings is 3. The zero-order valence-electron chi connectivity index (χ0n) is 17.7. The molecular weight excluding hydrogens is 384 g/mol. The summed E-state index contributed by atoms with van der Waals surface area (Å²) < 4.78 is 1.76. The lowest BCUT2D eigenvalue weighted by Gasteiger charge is -2.38. The van der Waals surface area contributed by atoms with Crippen molar-refractivity contribution in [2.75, 3.05) is 10.6 Å². The van der Waals surface area contributed by atoms with Gasteiger partial charge in [-0.1, -0.05) is 97.9 Å². The fourth-order valence-corrected chi connectivity index (χ4v) is 3.87. The van der Waals surface area contributed by atoms with Crippen LogP contribution in [-0.4, -0.2) is 15.7 Å². The molecule has 0 saturated carbocycles. The van der Waals surface area contributed by atoms with E-state index in [4.69, 9.17) is 0 Å². The molecule has 4 aromatic rings. The Balaban J connectivity index is 1.96. The fourth-order valence-electron chi connectivity index (χ4n) is 3.87. The third-order valence-electron chi connectivity index (χ3n) is 5.46. The average Bonchev–Trinajstić information content (AvgIpc) is 3.17. The van der Waals surface area contributed by atoms with Crippen LogP contribution in [0.4, 0.5) is 11.5 Å². The number of anilines is 2. The van der Waals surface area contributed by atoms with Crippen LogP contribution in [0.25, 0.3) is 0 Å². The highest BCUT2D eigenvalue weighted by molar-refractivity contribution is 5.93. The van der Waals surface area contributed by atoms with Gasteiger partial charge in [-0.05, 0) is 16.7 Å². The maximum Gasteiger partial charge on any atom is 0.224 e. The van der Waals surface area contributed by atoms with Gasteiger partial charge in [-0.2, -0.15) is 5.10 Å². The first-order valence-corrected chi connectivity index (χ1v) is 10.4. The predicted molar refractivity (Wildman–Crippen MR) is 125 cm³/mol. The van der Waals surface area contributed by atoms with Crippen LogP contribution in [0.5, 0.6) is 0 Å². The Morgan fingerprint density at radius 3 is 1.71 bits per heavy atom. The number of nitrogens with zero attached hydrogens (tertiary/aromatic N) is 2. The summed E-state index contributed by atoms with van der Waals surface area (Å²) in [6.45, 7) is 1.83. The van der Waals surface area contributed by atoms with Gasteiger partial charge in [0, 0.05) is 13.5 Å². The topological polar surface area (TPSA) is 59.0 Å². The lowest BCUT2D eigenvalue weighted by Crippen LogP contribution is -2.39. The molecule has 1 amide bonds. The maximum absolute atomic E-state index is 12.1. The van der Waals surface area contributed by atoms with Crippen LogP contribution < -0.4 is 10.6 Å². The Kier molecular flexibility index (Phi) is 5.85. The van der Waals surface area contributed by atoms with Gasteiger partial charge in [-0.15, -0.1) is 0 Å². The molecule has 3 aromatic carbocycles. The summed E-state index contributed by atoms with van der Waals surface area (Å²) in [5.41, 5.74) is 3.22. The van der Waals surface area contributed by atoms with Crippen LogP contribution in [-0.2, 0) is 17.4 Å². The molecule has 156 valence electrons. The van der Waals surface area contributed by atoms with Crippen LogP contribution in [0.2, 0.25) is 0 Å². The number of carbonyl (C=O) groups is 1. The first-order valence-electron chi connectivity index (χ1n) is 10.4. The monoisotopic (exact) mass is 410 g/mol. The lowest BCUT2D eigenvalue weighted by atomic mass is 9.77. The molecule has 5 nitrogen and oxygen atoms in total. The maximum atomic E-state index is 12.1. The van der Waals surface area contributed by atoms with E-state index in [0.29, 0.717) is 12.1 Å². The molecular formula is C26H26N4O. The van der Waals surface area contributed by atoms with E-state index in [1.54, 1.807) is 10.9 Å². The third kappa shape index (κ3) is 3.94. The Bertz CT molecular complexity index is 1040. The smallest absolute Gasteiger partial charge is 0.224 e. The van der Waals surface area contributed by atoms with E-state index in [1.165, 1.54) is 0 Å². The summed E-state index contributed by atoms with van der Waals surface area (Å²) in [4.78, 5) is 12.1. The quantitative estimate of drug-likeness (QED) is 0.413. The number of rotatable bonds is 7. The van der Waals surface area contributed by atoms with Crippen molar-refractivity contribution in [3.63, 3.8) is 0 Å². The minimum Gasteiger partial charge on any atom is -0.351 e. The molecule has 1 heterocycles. The largest absolute Gasteiger partial charge is 0.351 e. The lowest BCUT2D eigenvalue weighted by molar-refractivity contribution is -0.115. The molecule has 1 aromatic heterocycles. The van der Waals surface area contributed by atoms with Gasteiger partial charge in [0.1, 0.15) is 17.0 Å². The summed E-state index contributed by atoms with van der Waals surface area (Å²) in [5.74, 6) is 0.680. The van der Waals surface area contributed by atoms with E-state index < -0.39 is 5.54 Å². The van der Waals surface area contributed by atoms with Gasteiger partial charge in [0.15, 0.2) is 0 Å². The van der Waals surface area contributed by atoms with Crippen molar-refractivity contribution in [2.24, 2.45) is 7.05 Å². The highest BCUT2D eigenvalue weighted by Gasteiger charge is 2.37. The third-order valence-corrected chi connectivity index (χ3v) is 5.46. The number of aryl methyl sites for hydroxylation is 1. The first-order chi connectivity index (χ1) is 15.1. The summed E-state index contributed by atoms with van der Waals surface area (Å²) in [6, 6.07) is 31.0. The minimum atomic E-state index is -0.691. The van der Waals surface area contributed by atoms with Gasteiger partial charge in [-0.3, -0.25) is 9.48 Å². The van der Waals surface area contributed by atoms with Crippen molar-refractivity contribution >= 4 is 17.4 Å². The number of carbonyl (C=O) groups excluding carboxylic acids is 1. The van der Waals surface area contributed by atoms with Crippen molar-refractivity contribution in [3.8, 4) is 0 Å². The summed E-state index contributed by atoms with van der Waals surface area (Å²) in [7, 11) is 1.87. The first kappa shape index (κ1) is 20.4. The van der Waals surface area contributed by atoms with E-state index in [2.05, 4.69) is 52.1 Å². The fraction of sp³-hybridized carbons (Fsp3) is 0.154. The molecule has 0 saturated heterocycles. The van der Waals surface area contributed by atoms with E-state index in [9.17, 15) is 4.79 Å². The number of nitrogens with one attached hydrogen (secondary N) is 2. The van der Waals surface area contributed by atoms with E-state index in [-0.39, 0.29) is 5.91 Å². The highest BCUT2D eigenvalue weighted by Crippen LogP contribution is 2.41. The van der Waals surface area contributed by atoms with Crippen LogP contribution >= 0.6 is 0 Å².